The van der Waals surface area contributed by atoms with Crippen LogP contribution in [0.1, 0.15) is 30.5 Å². The van der Waals surface area contributed by atoms with Crippen LogP contribution in [0.5, 0.6) is 0 Å². The van der Waals surface area contributed by atoms with E-state index in [0.29, 0.717) is 11.6 Å². The molecule has 0 fully saturated rings. The van der Waals surface area contributed by atoms with Crippen molar-refractivity contribution in [1.82, 2.24) is 0 Å². The summed E-state index contributed by atoms with van der Waals surface area (Å²) in [5.41, 5.74) is 5.15. The third-order valence-electron chi connectivity index (χ3n) is 2.29. The first-order chi connectivity index (χ1) is 7.71. The van der Waals surface area contributed by atoms with Crippen LogP contribution in [0.25, 0.3) is 0 Å². The van der Waals surface area contributed by atoms with Crippen molar-refractivity contribution in [2.24, 2.45) is 5.73 Å². The lowest BCUT2D eigenvalue weighted by Gasteiger charge is -2.18. The molecular formula is C12H13F4N. The zero-order chi connectivity index (χ0) is 13.2. The molecule has 5 heteroatoms. The Labute approximate surface area is 96.9 Å². The predicted molar refractivity (Wildman–Crippen MR) is 57.8 cm³/mol. The van der Waals surface area contributed by atoms with E-state index in [4.69, 9.17) is 5.73 Å². The maximum absolute atomic E-state index is 13.0. The molecule has 1 atom stereocenters. The summed E-state index contributed by atoms with van der Waals surface area (Å²) in [4.78, 5) is 0. The Bertz CT molecular complexity index is 423. The molecule has 0 saturated carbocycles. The highest BCUT2D eigenvalue weighted by Crippen LogP contribution is 2.35. The number of nitrogens with two attached hydrogens (primary N) is 1. The van der Waals surface area contributed by atoms with Gasteiger partial charge in [0.25, 0.3) is 0 Å². The molecule has 0 saturated heterocycles. The van der Waals surface area contributed by atoms with Gasteiger partial charge in [-0.15, -0.1) is 6.58 Å². The van der Waals surface area contributed by atoms with Gasteiger partial charge < -0.3 is 5.73 Å². The summed E-state index contributed by atoms with van der Waals surface area (Å²) in [6, 6.07) is 1.42. The fraction of sp³-hybridized carbons (Fsp3) is 0.333. The monoisotopic (exact) mass is 247 g/mol. The van der Waals surface area contributed by atoms with E-state index in [2.05, 4.69) is 6.58 Å². The summed E-state index contributed by atoms with van der Waals surface area (Å²) in [5, 5.41) is 0. The van der Waals surface area contributed by atoms with E-state index < -0.39 is 23.6 Å². The van der Waals surface area contributed by atoms with Crippen LogP contribution in [0.2, 0.25) is 0 Å². The molecule has 17 heavy (non-hydrogen) atoms. The molecule has 0 bridgehead atoms. The molecule has 0 aliphatic rings. The molecule has 0 radical (unpaired) electrons. The third kappa shape index (κ3) is 3.56. The maximum Gasteiger partial charge on any atom is 0.416 e. The van der Waals surface area contributed by atoms with E-state index in [0.717, 1.165) is 12.1 Å². The Morgan fingerprint density at radius 2 is 2.00 bits per heavy atom. The molecule has 2 N–H and O–H groups in total. The van der Waals surface area contributed by atoms with Crippen LogP contribution in [0, 0.1) is 5.82 Å². The Hall–Kier alpha value is -1.36. The number of hydrogen-bond donors (Lipinski definition) is 1. The zero-order valence-electron chi connectivity index (χ0n) is 9.31. The molecule has 1 rings (SSSR count). The lowest BCUT2D eigenvalue weighted by molar-refractivity contribution is -0.138. The van der Waals surface area contributed by atoms with Gasteiger partial charge in [0.2, 0.25) is 0 Å². The first kappa shape index (κ1) is 13.7. The smallest absolute Gasteiger partial charge is 0.324 e. The number of rotatable bonds is 3. The lowest BCUT2D eigenvalue weighted by atomic mass is 9.96. The van der Waals surface area contributed by atoms with E-state index in [1.807, 2.05) is 0 Å². The predicted octanol–water partition coefficient (Wildman–Crippen LogP) is 3.81. The molecule has 0 unspecified atom stereocenters. The number of benzene rings is 1. The second-order valence-corrected chi connectivity index (χ2v) is 4.00. The first-order valence-corrected chi connectivity index (χ1v) is 4.98. The van der Waals surface area contributed by atoms with Crippen molar-refractivity contribution in [3.8, 4) is 0 Å². The molecule has 0 aromatic heterocycles. The fourth-order valence-corrected chi connectivity index (χ4v) is 1.58. The van der Waals surface area contributed by atoms with E-state index in [-0.39, 0.29) is 12.0 Å². The summed E-state index contributed by atoms with van der Waals surface area (Å²) in [5.74, 6) is -0.731. The molecule has 1 nitrogen and oxygen atoms in total. The van der Waals surface area contributed by atoms with Gasteiger partial charge in [-0.2, -0.15) is 13.2 Å². The summed E-state index contributed by atoms with van der Waals surface area (Å²) < 4.78 is 51.0. The van der Waals surface area contributed by atoms with Gasteiger partial charge in [0, 0.05) is 6.04 Å². The number of halogens is 4. The molecule has 1 aromatic rings. The highest BCUT2D eigenvalue weighted by atomic mass is 19.4. The number of hydrogen-bond acceptors (Lipinski definition) is 1. The average molecular weight is 247 g/mol. The SMILES string of the molecule is C=C(C)C[C@H](N)c1cc(F)ccc1C(F)(F)F. The minimum absolute atomic E-state index is 0.187. The van der Waals surface area contributed by atoms with Gasteiger partial charge in [0.15, 0.2) is 0 Å². The zero-order valence-corrected chi connectivity index (χ0v) is 9.31. The third-order valence-corrected chi connectivity index (χ3v) is 2.29. The van der Waals surface area contributed by atoms with Crippen molar-refractivity contribution < 1.29 is 17.6 Å². The summed E-state index contributed by atoms with van der Waals surface area (Å²) in [7, 11) is 0. The van der Waals surface area contributed by atoms with E-state index in [1.165, 1.54) is 0 Å². The molecule has 0 heterocycles. The van der Waals surface area contributed by atoms with Gasteiger partial charge in [-0.1, -0.05) is 5.57 Å². The topological polar surface area (TPSA) is 26.0 Å². The Kier molecular flexibility index (Phi) is 3.93. The quantitative estimate of drug-likeness (QED) is 0.638. The van der Waals surface area contributed by atoms with Crippen molar-refractivity contribution >= 4 is 0 Å². The van der Waals surface area contributed by atoms with Crippen molar-refractivity contribution in [2.75, 3.05) is 0 Å². The molecule has 94 valence electrons. The standard InChI is InChI=1S/C12H13F4N/c1-7(2)5-11(17)9-6-8(13)3-4-10(9)12(14,15)16/h3-4,6,11H,1,5,17H2,2H3/t11-/m0/s1. The van der Waals surface area contributed by atoms with E-state index in [9.17, 15) is 17.6 Å². The van der Waals surface area contributed by atoms with Gasteiger partial charge in [-0.3, -0.25) is 0 Å². The molecular weight excluding hydrogens is 234 g/mol. The first-order valence-electron chi connectivity index (χ1n) is 4.98. The van der Waals surface area contributed by atoms with Crippen molar-refractivity contribution in [3.63, 3.8) is 0 Å². The van der Waals surface area contributed by atoms with E-state index >= 15 is 0 Å². The van der Waals surface area contributed by atoms with Crippen LogP contribution in [0.15, 0.2) is 30.4 Å². The number of alkyl halides is 3. The van der Waals surface area contributed by atoms with Crippen LogP contribution in [-0.2, 0) is 6.18 Å². The Morgan fingerprint density at radius 3 is 2.47 bits per heavy atom. The second kappa shape index (κ2) is 4.87. The minimum Gasteiger partial charge on any atom is -0.324 e. The van der Waals surface area contributed by atoms with Gasteiger partial charge in [-0.05, 0) is 37.1 Å². The van der Waals surface area contributed by atoms with Crippen LogP contribution >= 0.6 is 0 Å². The maximum atomic E-state index is 13.0. The summed E-state index contributed by atoms with van der Waals surface area (Å²) >= 11 is 0. The largest absolute Gasteiger partial charge is 0.416 e. The second-order valence-electron chi connectivity index (χ2n) is 4.00. The van der Waals surface area contributed by atoms with Crippen molar-refractivity contribution in [1.29, 1.82) is 0 Å². The highest BCUT2D eigenvalue weighted by molar-refractivity contribution is 5.33. The van der Waals surface area contributed by atoms with Crippen LogP contribution < -0.4 is 5.73 Å². The normalized spacial score (nSPS) is 13.5. The molecule has 0 spiro atoms. The van der Waals surface area contributed by atoms with Crippen molar-refractivity contribution in [3.05, 3.63) is 47.3 Å². The lowest BCUT2D eigenvalue weighted by Crippen LogP contribution is -2.18. The van der Waals surface area contributed by atoms with E-state index in [1.54, 1.807) is 6.92 Å². The summed E-state index contributed by atoms with van der Waals surface area (Å²) in [6.45, 7) is 5.24. The molecule has 0 amide bonds. The fourth-order valence-electron chi connectivity index (χ4n) is 1.58. The Balaban J connectivity index is 3.20. The van der Waals surface area contributed by atoms with Gasteiger partial charge in [-0.25, -0.2) is 4.39 Å². The van der Waals surface area contributed by atoms with Crippen LogP contribution in [-0.4, -0.2) is 0 Å². The van der Waals surface area contributed by atoms with Gasteiger partial charge in [0.1, 0.15) is 5.82 Å². The molecule has 1 aromatic carbocycles. The Morgan fingerprint density at radius 1 is 1.41 bits per heavy atom. The highest BCUT2D eigenvalue weighted by Gasteiger charge is 2.34. The molecule has 0 aliphatic carbocycles. The van der Waals surface area contributed by atoms with Crippen molar-refractivity contribution in [2.45, 2.75) is 25.6 Å². The van der Waals surface area contributed by atoms with Gasteiger partial charge >= 0.3 is 6.18 Å². The van der Waals surface area contributed by atoms with Crippen LogP contribution in [0.4, 0.5) is 17.6 Å². The minimum atomic E-state index is -4.53. The average Bonchev–Trinajstić information content (AvgIpc) is 2.14. The summed E-state index contributed by atoms with van der Waals surface area (Å²) in [6.07, 6.45) is -4.34. The molecule has 0 aliphatic heterocycles. The van der Waals surface area contributed by atoms with Crippen LogP contribution in [0.3, 0.4) is 0 Å². The van der Waals surface area contributed by atoms with Gasteiger partial charge in [0.05, 0.1) is 5.56 Å².